The van der Waals surface area contributed by atoms with Crippen molar-refractivity contribution in [3.63, 3.8) is 0 Å². The van der Waals surface area contributed by atoms with Crippen LogP contribution in [-0.4, -0.2) is 13.7 Å². The van der Waals surface area contributed by atoms with Crippen molar-refractivity contribution in [1.29, 1.82) is 0 Å². The molecule has 0 aliphatic carbocycles. The molecule has 1 aromatic carbocycles. The predicted octanol–water partition coefficient (Wildman–Crippen LogP) is 2.70. The van der Waals surface area contributed by atoms with Crippen molar-refractivity contribution < 1.29 is 4.74 Å². The van der Waals surface area contributed by atoms with Crippen LogP contribution in [0.25, 0.3) is 0 Å². The molecule has 4 heteroatoms. The minimum absolute atomic E-state index is 0.0432. The molecule has 2 N–H and O–H groups in total. The van der Waals surface area contributed by atoms with E-state index < -0.39 is 0 Å². The fraction of sp³-hybridized carbons (Fsp3) is 0.333. The summed E-state index contributed by atoms with van der Waals surface area (Å²) >= 11 is 5.73. The SMILES string of the molecule is COC[C@@H](N)c1ccc(I)c(Br)c1. The Kier molecular flexibility index (Phi) is 4.64. The van der Waals surface area contributed by atoms with E-state index >= 15 is 0 Å². The third-order valence-electron chi connectivity index (χ3n) is 1.72. The fourth-order valence-corrected chi connectivity index (χ4v) is 1.75. The van der Waals surface area contributed by atoms with Crippen LogP contribution in [0.15, 0.2) is 22.7 Å². The van der Waals surface area contributed by atoms with Gasteiger partial charge in [0.2, 0.25) is 0 Å². The third-order valence-corrected chi connectivity index (χ3v) is 4.06. The molecule has 0 heterocycles. The quantitative estimate of drug-likeness (QED) is 0.846. The van der Waals surface area contributed by atoms with Crippen LogP contribution < -0.4 is 5.73 Å². The zero-order valence-electron chi connectivity index (χ0n) is 7.26. The number of methoxy groups -OCH3 is 1. The second-order valence-electron chi connectivity index (χ2n) is 2.74. The van der Waals surface area contributed by atoms with E-state index in [4.69, 9.17) is 10.5 Å². The lowest BCUT2D eigenvalue weighted by molar-refractivity contribution is 0.181. The number of benzene rings is 1. The van der Waals surface area contributed by atoms with Gasteiger partial charge >= 0.3 is 0 Å². The first-order valence-electron chi connectivity index (χ1n) is 3.84. The summed E-state index contributed by atoms with van der Waals surface area (Å²) in [4.78, 5) is 0. The van der Waals surface area contributed by atoms with E-state index in [1.807, 2.05) is 18.2 Å². The molecule has 0 radical (unpaired) electrons. The molecule has 0 saturated heterocycles. The summed E-state index contributed by atoms with van der Waals surface area (Å²) in [6, 6.07) is 6.05. The molecule has 13 heavy (non-hydrogen) atoms. The Hall–Kier alpha value is 0.350. The van der Waals surface area contributed by atoms with Crippen LogP contribution >= 0.6 is 38.5 Å². The van der Waals surface area contributed by atoms with Crippen molar-refractivity contribution >= 4 is 38.5 Å². The molecule has 0 bridgehead atoms. The van der Waals surface area contributed by atoms with Crippen LogP contribution in [0, 0.1) is 3.57 Å². The van der Waals surface area contributed by atoms with Gasteiger partial charge in [-0.25, -0.2) is 0 Å². The van der Waals surface area contributed by atoms with Crippen LogP contribution in [0.2, 0.25) is 0 Å². The highest BCUT2D eigenvalue weighted by Gasteiger charge is 2.06. The summed E-state index contributed by atoms with van der Waals surface area (Å²) in [5, 5.41) is 0. The molecule has 0 saturated carbocycles. The van der Waals surface area contributed by atoms with E-state index in [0.717, 1.165) is 10.0 Å². The van der Waals surface area contributed by atoms with Gasteiger partial charge in [-0.2, -0.15) is 0 Å². The minimum Gasteiger partial charge on any atom is -0.383 e. The van der Waals surface area contributed by atoms with Crippen LogP contribution in [-0.2, 0) is 4.74 Å². The standard InChI is InChI=1S/C9H11BrINO/c1-13-5-9(12)6-2-3-8(11)7(10)4-6/h2-4,9H,5,12H2,1H3/t9-/m1/s1. The Morgan fingerprint density at radius 2 is 2.31 bits per heavy atom. The number of hydrogen-bond donors (Lipinski definition) is 1. The van der Waals surface area contributed by atoms with Gasteiger partial charge < -0.3 is 10.5 Å². The first-order chi connectivity index (χ1) is 6.15. The second-order valence-corrected chi connectivity index (χ2v) is 4.75. The Balaban J connectivity index is 2.84. The van der Waals surface area contributed by atoms with Crippen molar-refractivity contribution in [2.45, 2.75) is 6.04 Å². The molecule has 1 atom stereocenters. The van der Waals surface area contributed by atoms with Gasteiger partial charge in [0.1, 0.15) is 0 Å². The number of hydrogen-bond acceptors (Lipinski definition) is 2. The fourth-order valence-electron chi connectivity index (χ4n) is 1.02. The van der Waals surface area contributed by atoms with Gasteiger partial charge in [-0.1, -0.05) is 6.07 Å². The number of rotatable bonds is 3. The van der Waals surface area contributed by atoms with Crippen LogP contribution in [0.5, 0.6) is 0 Å². The lowest BCUT2D eigenvalue weighted by Crippen LogP contribution is -2.15. The monoisotopic (exact) mass is 355 g/mol. The first-order valence-corrected chi connectivity index (χ1v) is 5.71. The highest BCUT2D eigenvalue weighted by Crippen LogP contribution is 2.22. The maximum atomic E-state index is 5.88. The van der Waals surface area contributed by atoms with Crippen molar-refractivity contribution in [2.24, 2.45) is 5.73 Å². The molecule has 2 nitrogen and oxygen atoms in total. The molecule has 1 rings (SSSR count). The lowest BCUT2D eigenvalue weighted by atomic mass is 10.1. The zero-order valence-corrected chi connectivity index (χ0v) is 11.0. The zero-order chi connectivity index (χ0) is 9.84. The molecule has 0 spiro atoms. The first kappa shape index (κ1) is 11.4. The van der Waals surface area contributed by atoms with Gasteiger partial charge in [0.15, 0.2) is 0 Å². The Morgan fingerprint density at radius 1 is 1.62 bits per heavy atom. The molecule has 0 fully saturated rings. The van der Waals surface area contributed by atoms with Crippen molar-refractivity contribution in [2.75, 3.05) is 13.7 Å². The highest BCUT2D eigenvalue weighted by molar-refractivity contribution is 14.1. The van der Waals surface area contributed by atoms with Crippen molar-refractivity contribution in [1.82, 2.24) is 0 Å². The molecule has 0 aliphatic heterocycles. The smallest absolute Gasteiger partial charge is 0.0655 e. The maximum absolute atomic E-state index is 5.88. The minimum atomic E-state index is -0.0432. The average molecular weight is 356 g/mol. The highest BCUT2D eigenvalue weighted by atomic mass is 127. The van der Waals surface area contributed by atoms with E-state index in [1.165, 1.54) is 3.57 Å². The normalized spacial score (nSPS) is 12.9. The molecule has 0 aromatic heterocycles. The average Bonchev–Trinajstić information content (AvgIpc) is 2.10. The van der Waals surface area contributed by atoms with Crippen molar-refractivity contribution in [3.05, 3.63) is 31.8 Å². The molecule has 0 amide bonds. The summed E-state index contributed by atoms with van der Waals surface area (Å²) in [5.74, 6) is 0. The number of ether oxygens (including phenoxy) is 1. The van der Waals surface area contributed by atoms with E-state index in [9.17, 15) is 0 Å². The Labute approximate surface area is 100 Å². The van der Waals surface area contributed by atoms with Crippen LogP contribution in [0.4, 0.5) is 0 Å². The van der Waals surface area contributed by atoms with Gasteiger partial charge in [-0.15, -0.1) is 0 Å². The topological polar surface area (TPSA) is 35.2 Å². The van der Waals surface area contributed by atoms with E-state index in [1.54, 1.807) is 7.11 Å². The molecule has 0 aliphatic rings. The molecule has 1 aromatic rings. The Morgan fingerprint density at radius 3 is 2.85 bits per heavy atom. The van der Waals surface area contributed by atoms with Crippen LogP contribution in [0.3, 0.4) is 0 Å². The third kappa shape index (κ3) is 3.19. The summed E-state index contributed by atoms with van der Waals surface area (Å²) in [5.41, 5.74) is 6.97. The Bertz CT molecular complexity index is 293. The molecule has 72 valence electrons. The largest absolute Gasteiger partial charge is 0.383 e. The van der Waals surface area contributed by atoms with Gasteiger partial charge in [0.25, 0.3) is 0 Å². The van der Waals surface area contributed by atoms with E-state index in [-0.39, 0.29) is 6.04 Å². The number of halogens is 2. The van der Waals surface area contributed by atoms with Gasteiger partial charge in [0, 0.05) is 15.2 Å². The molecular formula is C9H11BrINO. The van der Waals surface area contributed by atoms with Gasteiger partial charge in [0.05, 0.1) is 12.6 Å². The van der Waals surface area contributed by atoms with E-state index in [2.05, 4.69) is 38.5 Å². The molecule has 0 unspecified atom stereocenters. The summed E-state index contributed by atoms with van der Waals surface area (Å²) in [6.45, 7) is 0.549. The number of nitrogens with two attached hydrogens (primary N) is 1. The van der Waals surface area contributed by atoms with Crippen molar-refractivity contribution in [3.8, 4) is 0 Å². The van der Waals surface area contributed by atoms with Gasteiger partial charge in [-0.3, -0.25) is 0 Å². The van der Waals surface area contributed by atoms with E-state index in [0.29, 0.717) is 6.61 Å². The van der Waals surface area contributed by atoms with Crippen LogP contribution in [0.1, 0.15) is 11.6 Å². The summed E-state index contributed by atoms with van der Waals surface area (Å²) in [7, 11) is 1.65. The van der Waals surface area contributed by atoms with Gasteiger partial charge in [-0.05, 0) is 56.2 Å². The summed E-state index contributed by atoms with van der Waals surface area (Å²) in [6.07, 6.45) is 0. The second kappa shape index (κ2) is 5.29. The lowest BCUT2D eigenvalue weighted by Gasteiger charge is -2.11. The summed E-state index contributed by atoms with van der Waals surface area (Å²) < 4.78 is 7.25. The maximum Gasteiger partial charge on any atom is 0.0655 e. The predicted molar refractivity (Wildman–Crippen MR) is 65.7 cm³/mol. The molecular weight excluding hydrogens is 345 g/mol.